The lowest BCUT2D eigenvalue weighted by atomic mass is 9.87. The fourth-order valence-corrected chi connectivity index (χ4v) is 4.37. The van der Waals surface area contributed by atoms with Gasteiger partial charge in [-0.1, -0.05) is 6.92 Å². The largest absolute Gasteiger partial charge is 0.454 e. The molecule has 0 saturated carbocycles. The van der Waals surface area contributed by atoms with Gasteiger partial charge in [-0.3, -0.25) is 4.79 Å². The van der Waals surface area contributed by atoms with Crippen LogP contribution in [0.15, 0.2) is 29.3 Å². The number of aryl methyl sites for hydroxylation is 1. The number of rotatable bonds is 5. The lowest BCUT2D eigenvalue weighted by Crippen LogP contribution is -2.14. The number of benzene rings is 1. The number of nitrogens with one attached hydrogen (secondary N) is 1. The van der Waals surface area contributed by atoms with E-state index >= 15 is 0 Å². The second-order valence-electron chi connectivity index (χ2n) is 7.12. The lowest BCUT2D eigenvalue weighted by molar-refractivity contribution is -0.115. The molecule has 4 rings (SSSR count). The van der Waals surface area contributed by atoms with E-state index in [2.05, 4.69) is 18.3 Å². The predicted molar refractivity (Wildman–Crippen MR) is 107 cm³/mol. The Hall–Kier alpha value is -2.72. The standard InChI is InChI=1S/C21H21N3O3S/c1-13-2-4-17-14(8-13)9-15(11-22)21(24-17)28-7-6-20(25)23-16-3-5-18-19(10-16)27-12-26-18/h3,5,9-10,13H,2,4,6-8,12H2,1H3,(H,23,25). The first-order valence-electron chi connectivity index (χ1n) is 9.37. The highest BCUT2D eigenvalue weighted by molar-refractivity contribution is 7.99. The topological polar surface area (TPSA) is 84.2 Å². The summed E-state index contributed by atoms with van der Waals surface area (Å²) in [6.07, 6.45) is 3.41. The van der Waals surface area contributed by atoms with Crippen LogP contribution < -0.4 is 14.8 Å². The third kappa shape index (κ3) is 4.07. The normalized spacial score (nSPS) is 16.9. The number of thioether (sulfide) groups is 1. The summed E-state index contributed by atoms with van der Waals surface area (Å²) >= 11 is 1.47. The molecule has 1 aromatic heterocycles. The molecule has 2 aliphatic rings. The van der Waals surface area contributed by atoms with E-state index < -0.39 is 0 Å². The Labute approximate surface area is 168 Å². The molecule has 0 fully saturated rings. The Balaban J connectivity index is 1.34. The summed E-state index contributed by atoms with van der Waals surface area (Å²) in [5.41, 5.74) is 3.58. The zero-order valence-corrected chi connectivity index (χ0v) is 16.5. The summed E-state index contributed by atoms with van der Waals surface area (Å²) in [5.74, 6) is 2.44. The highest BCUT2D eigenvalue weighted by Gasteiger charge is 2.19. The van der Waals surface area contributed by atoms with Gasteiger partial charge in [0.15, 0.2) is 11.5 Å². The molecule has 2 aromatic rings. The molecule has 2 heterocycles. The van der Waals surface area contributed by atoms with Gasteiger partial charge in [0.1, 0.15) is 11.1 Å². The van der Waals surface area contributed by atoms with Crippen molar-refractivity contribution >= 4 is 23.4 Å². The van der Waals surface area contributed by atoms with Crippen molar-refractivity contribution in [1.82, 2.24) is 4.98 Å². The van der Waals surface area contributed by atoms with Gasteiger partial charge < -0.3 is 14.8 Å². The Morgan fingerprint density at radius 3 is 3.07 bits per heavy atom. The summed E-state index contributed by atoms with van der Waals surface area (Å²) in [6, 6.07) is 9.56. The minimum Gasteiger partial charge on any atom is -0.454 e. The molecule has 1 unspecified atom stereocenters. The fourth-order valence-electron chi connectivity index (χ4n) is 3.46. The van der Waals surface area contributed by atoms with Crippen LogP contribution in [0.2, 0.25) is 0 Å². The van der Waals surface area contributed by atoms with Gasteiger partial charge in [0.05, 0.1) is 5.56 Å². The fraction of sp³-hybridized carbons (Fsp3) is 0.381. The van der Waals surface area contributed by atoms with E-state index in [0.717, 1.165) is 30.0 Å². The number of carbonyl (C=O) groups excluding carboxylic acids is 1. The number of ether oxygens (including phenoxy) is 2. The third-order valence-corrected chi connectivity index (χ3v) is 5.94. The van der Waals surface area contributed by atoms with Gasteiger partial charge in [0, 0.05) is 29.6 Å². The third-order valence-electron chi connectivity index (χ3n) is 4.94. The molecule has 7 heteroatoms. The van der Waals surface area contributed by atoms with Crippen LogP contribution in [0.25, 0.3) is 0 Å². The molecule has 0 bridgehead atoms. The average molecular weight is 395 g/mol. The molecule has 0 radical (unpaired) electrons. The average Bonchev–Trinajstić information content (AvgIpc) is 3.15. The Morgan fingerprint density at radius 2 is 2.21 bits per heavy atom. The van der Waals surface area contributed by atoms with Crippen LogP contribution in [0, 0.1) is 17.2 Å². The van der Waals surface area contributed by atoms with Crippen molar-refractivity contribution in [2.24, 2.45) is 5.92 Å². The van der Waals surface area contributed by atoms with Crippen molar-refractivity contribution in [2.75, 3.05) is 17.9 Å². The molecule has 1 N–H and O–H groups in total. The van der Waals surface area contributed by atoms with Crippen LogP contribution >= 0.6 is 11.8 Å². The zero-order chi connectivity index (χ0) is 19.5. The number of nitriles is 1. The molecule has 1 atom stereocenters. The number of hydrogen-bond acceptors (Lipinski definition) is 6. The van der Waals surface area contributed by atoms with Crippen LogP contribution in [0.3, 0.4) is 0 Å². The maximum Gasteiger partial charge on any atom is 0.231 e. The summed E-state index contributed by atoms with van der Waals surface area (Å²) in [5, 5.41) is 13.1. The maximum atomic E-state index is 12.2. The minimum atomic E-state index is -0.0864. The molecule has 28 heavy (non-hydrogen) atoms. The molecule has 1 amide bonds. The van der Waals surface area contributed by atoms with E-state index in [0.29, 0.717) is 40.8 Å². The zero-order valence-electron chi connectivity index (χ0n) is 15.7. The SMILES string of the molecule is CC1CCc2nc(SCCC(=O)Nc3ccc4c(c3)OCO4)c(C#N)cc2C1. The van der Waals surface area contributed by atoms with Gasteiger partial charge in [-0.15, -0.1) is 11.8 Å². The van der Waals surface area contributed by atoms with Crippen molar-refractivity contribution in [2.45, 2.75) is 37.6 Å². The maximum absolute atomic E-state index is 12.2. The number of hydrogen-bond donors (Lipinski definition) is 1. The number of fused-ring (bicyclic) bond motifs is 2. The van der Waals surface area contributed by atoms with E-state index in [9.17, 15) is 10.1 Å². The van der Waals surface area contributed by atoms with E-state index in [1.165, 1.54) is 17.3 Å². The Bertz CT molecular complexity index is 955. The van der Waals surface area contributed by atoms with Crippen molar-refractivity contribution in [3.05, 3.63) is 41.1 Å². The van der Waals surface area contributed by atoms with Crippen molar-refractivity contribution in [3.8, 4) is 17.6 Å². The molecule has 1 aliphatic heterocycles. The number of pyridine rings is 1. The van der Waals surface area contributed by atoms with Gasteiger partial charge in [-0.25, -0.2) is 4.98 Å². The quantitative estimate of drug-likeness (QED) is 0.772. The van der Waals surface area contributed by atoms with Crippen molar-refractivity contribution < 1.29 is 14.3 Å². The summed E-state index contributed by atoms with van der Waals surface area (Å²) in [7, 11) is 0. The molecule has 1 aromatic carbocycles. The van der Waals surface area contributed by atoms with Crippen LogP contribution in [-0.2, 0) is 17.6 Å². The molecular formula is C21H21N3O3S. The second kappa shape index (κ2) is 8.11. The van der Waals surface area contributed by atoms with Gasteiger partial charge in [-0.05, 0) is 48.9 Å². The van der Waals surface area contributed by atoms with Crippen LogP contribution in [0.4, 0.5) is 5.69 Å². The number of nitrogens with zero attached hydrogens (tertiary/aromatic N) is 2. The van der Waals surface area contributed by atoms with Crippen LogP contribution in [0.1, 0.15) is 36.6 Å². The number of anilines is 1. The number of aromatic nitrogens is 1. The Morgan fingerprint density at radius 1 is 1.36 bits per heavy atom. The predicted octanol–water partition coefficient (Wildman–Crippen LogP) is 3.93. The second-order valence-corrected chi connectivity index (χ2v) is 8.20. The van der Waals surface area contributed by atoms with Gasteiger partial charge in [0.25, 0.3) is 0 Å². The lowest BCUT2D eigenvalue weighted by Gasteiger charge is -2.21. The summed E-state index contributed by atoms with van der Waals surface area (Å²) in [6.45, 7) is 2.44. The molecule has 0 spiro atoms. The molecule has 144 valence electrons. The first kappa shape index (κ1) is 18.6. The highest BCUT2D eigenvalue weighted by Crippen LogP contribution is 2.34. The molecular weight excluding hydrogens is 374 g/mol. The first-order chi connectivity index (χ1) is 13.6. The van der Waals surface area contributed by atoms with E-state index in [4.69, 9.17) is 14.5 Å². The molecule has 6 nitrogen and oxygen atoms in total. The minimum absolute atomic E-state index is 0.0864. The van der Waals surface area contributed by atoms with Crippen LogP contribution in [-0.4, -0.2) is 23.4 Å². The van der Waals surface area contributed by atoms with Crippen molar-refractivity contribution in [3.63, 3.8) is 0 Å². The molecule has 0 saturated heterocycles. The van der Waals surface area contributed by atoms with Gasteiger partial charge in [-0.2, -0.15) is 5.26 Å². The van der Waals surface area contributed by atoms with Crippen LogP contribution in [0.5, 0.6) is 11.5 Å². The van der Waals surface area contributed by atoms with E-state index in [1.807, 2.05) is 6.07 Å². The van der Waals surface area contributed by atoms with Gasteiger partial charge >= 0.3 is 0 Å². The molecule has 1 aliphatic carbocycles. The van der Waals surface area contributed by atoms with E-state index in [-0.39, 0.29) is 12.7 Å². The highest BCUT2D eigenvalue weighted by atomic mass is 32.2. The van der Waals surface area contributed by atoms with Gasteiger partial charge in [0.2, 0.25) is 12.7 Å². The van der Waals surface area contributed by atoms with Crippen molar-refractivity contribution in [1.29, 1.82) is 5.26 Å². The smallest absolute Gasteiger partial charge is 0.231 e. The first-order valence-corrected chi connectivity index (χ1v) is 10.4. The van der Waals surface area contributed by atoms with E-state index in [1.54, 1.807) is 18.2 Å². The summed E-state index contributed by atoms with van der Waals surface area (Å²) in [4.78, 5) is 17.0. The number of carbonyl (C=O) groups is 1. The summed E-state index contributed by atoms with van der Waals surface area (Å²) < 4.78 is 10.6. The number of amides is 1. The monoisotopic (exact) mass is 395 g/mol. The Kier molecular flexibility index (Phi) is 5.40.